The van der Waals surface area contributed by atoms with Crippen LogP contribution in [0.5, 0.6) is 0 Å². The van der Waals surface area contributed by atoms with Gasteiger partial charge >= 0.3 is 5.97 Å². The monoisotopic (exact) mass is 216 g/mol. The highest BCUT2D eigenvalue weighted by Crippen LogP contribution is 2.20. The van der Waals surface area contributed by atoms with Crippen LogP contribution < -0.4 is 0 Å². The Labute approximate surface area is 84.2 Å². The van der Waals surface area contributed by atoms with Crippen molar-refractivity contribution >= 4 is 29.3 Å². The molecule has 0 aliphatic carbocycles. The molecule has 0 aromatic carbocycles. The molecule has 0 radical (unpaired) electrons. The summed E-state index contributed by atoms with van der Waals surface area (Å²) < 4.78 is 9.23. The molecule has 0 aliphatic heterocycles. The molecule has 1 aromatic rings. The van der Waals surface area contributed by atoms with Gasteiger partial charge in [-0.2, -0.15) is 4.37 Å². The van der Waals surface area contributed by atoms with E-state index < -0.39 is 0 Å². The van der Waals surface area contributed by atoms with Crippen molar-refractivity contribution in [3.63, 3.8) is 0 Å². The first kappa shape index (κ1) is 10.2. The molecule has 0 unspecified atom stereocenters. The molecule has 0 atom stereocenters. The molecule has 0 bridgehead atoms. The van der Waals surface area contributed by atoms with E-state index in [-0.39, 0.29) is 5.97 Å². The second-order valence-electron chi connectivity index (χ2n) is 2.05. The van der Waals surface area contributed by atoms with Gasteiger partial charge in [0.05, 0.1) is 7.11 Å². The van der Waals surface area contributed by atoms with Crippen LogP contribution >= 0.6 is 23.3 Å². The Bertz CT molecular complexity index is 322. The number of carbonyl (C=O) groups excluding carboxylic acids is 1. The molecule has 0 spiro atoms. The number of methoxy groups -OCH3 is 1. The maximum atomic E-state index is 10.7. The van der Waals surface area contributed by atoms with Gasteiger partial charge in [0.1, 0.15) is 5.82 Å². The van der Waals surface area contributed by atoms with E-state index in [1.54, 1.807) is 5.41 Å². The summed E-state index contributed by atoms with van der Waals surface area (Å²) in [5, 5.41) is 1.63. The van der Waals surface area contributed by atoms with Gasteiger partial charge in [0.2, 0.25) is 0 Å². The molecule has 1 heterocycles. The fourth-order valence-electron chi connectivity index (χ4n) is 0.542. The van der Waals surface area contributed by atoms with E-state index in [0.717, 1.165) is 10.2 Å². The van der Waals surface area contributed by atoms with Crippen molar-refractivity contribution in [2.45, 2.75) is 11.3 Å². The molecule has 1 rings (SSSR count). The SMILES string of the molecule is COC(=O)C=CSc1nc(C)ns1. The summed E-state index contributed by atoms with van der Waals surface area (Å²) in [4.78, 5) is 14.8. The molecule has 13 heavy (non-hydrogen) atoms. The molecule has 0 amide bonds. The minimum Gasteiger partial charge on any atom is -0.466 e. The minimum atomic E-state index is -0.367. The molecule has 1 aromatic heterocycles. The smallest absolute Gasteiger partial charge is 0.330 e. The van der Waals surface area contributed by atoms with Crippen LogP contribution in [0.1, 0.15) is 5.82 Å². The minimum absolute atomic E-state index is 0.367. The van der Waals surface area contributed by atoms with Crippen molar-refractivity contribution in [3.8, 4) is 0 Å². The van der Waals surface area contributed by atoms with Crippen LogP contribution in [0.2, 0.25) is 0 Å². The Hall–Kier alpha value is -0.880. The first-order valence-electron chi connectivity index (χ1n) is 3.44. The lowest BCUT2D eigenvalue weighted by molar-refractivity contribution is -0.134. The Morgan fingerprint density at radius 1 is 1.69 bits per heavy atom. The van der Waals surface area contributed by atoms with Gasteiger partial charge in [-0.05, 0) is 23.9 Å². The lowest BCUT2D eigenvalue weighted by Gasteiger charge is -1.87. The van der Waals surface area contributed by atoms with Crippen LogP contribution in [-0.2, 0) is 9.53 Å². The number of nitrogens with zero attached hydrogens (tertiary/aromatic N) is 2. The summed E-state index contributed by atoms with van der Waals surface area (Å²) in [5.41, 5.74) is 0. The zero-order valence-electron chi connectivity index (χ0n) is 7.18. The van der Waals surface area contributed by atoms with Crippen molar-refractivity contribution < 1.29 is 9.53 Å². The second kappa shape index (κ2) is 4.98. The maximum absolute atomic E-state index is 10.7. The van der Waals surface area contributed by atoms with Gasteiger partial charge in [0, 0.05) is 6.08 Å². The first-order valence-corrected chi connectivity index (χ1v) is 5.09. The van der Waals surface area contributed by atoms with Gasteiger partial charge < -0.3 is 4.74 Å². The van der Waals surface area contributed by atoms with Crippen LogP contribution in [0.4, 0.5) is 0 Å². The maximum Gasteiger partial charge on any atom is 0.330 e. The largest absolute Gasteiger partial charge is 0.466 e. The van der Waals surface area contributed by atoms with Crippen molar-refractivity contribution in [2.75, 3.05) is 7.11 Å². The van der Waals surface area contributed by atoms with Crippen molar-refractivity contribution in [3.05, 3.63) is 17.3 Å². The Kier molecular flexibility index (Phi) is 3.91. The quantitative estimate of drug-likeness (QED) is 0.436. The normalized spacial score (nSPS) is 10.6. The zero-order chi connectivity index (χ0) is 9.68. The number of hydrogen-bond acceptors (Lipinski definition) is 6. The van der Waals surface area contributed by atoms with Gasteiger partial charge in [-0.15, -0.1) is 0 Å². The number of ether oxygens (including phenoxy) is 1. The van der Waals surface area contributed by atoms with Crippen molar-refractivity contribution in [2.24, 2.45) is 0 Å². The first-order chi connectivity index (χ1) is 6.22. The van der Waals surface area contributed by atoms with E-state index in [1.165, 1.54) is 36.5 Å². The lowest BCUT2D eigenvalue weighted by atomic mass is 10.7. The van der Waals surface area contributed by atoms with Crippen molar-refractivity contribution in [1.82, 2.24) is 9.36 Å². The third-order valence-corrected chi connectivity index (χ3v) is 2.76. The number of aromatic nitrogens is 2. The molecular formula is C7H8N2O2S2. The number of hydrogen-bond donors (Lipinski definition) is 0. The molecule has 0 N–H and O–H groups in total. The van der Waals surface area contributed by atoms with Crippen LogP contribution in [0.25, 0.3) is 0 Å². The third kappa shape index (κ3) is 3.56. The number of rotatable bonds is 3. The van der Waals surface area contributed by atoms with Gasteiger partial charge in [-0.1, -0.05) is 11.8 Å². The predicted octanol–water partition coefficient (Wildman–Crippen LogP) is 1.63. The summed E-state index contributed by atoms with van der Waals surface area (Å²) >= 11 is 2.66. The molecule has 70 valence electrons. The standard InChI is InChI=1S/C7H8N2O2S2/c1-5-8-7(13-9-5)12-4-3-6(10)11-2/h3-4H,1-2H3. The van der Waals surface area contributed by atoms with Gasteiger partial charge in [0.15, 0.2) is 4.34 Å². The number of thioether (sulfide) groups is 1. The van der Waals surface area contributed by atoms with E-state index in [9.17, 15) is 4.79 Å². The van der Waals surface area contributed by atoms with E-state index in [0.29, 0.717) is 0 Å². The fraction of sp³-hybridized carbons (Fsp3) is 0.286. The molecular weight excluding hydrogens is 208 g/mol. The van der Waals surface area contributed by atoms with E-state index in [2.05, 4.69) is 14.1 Å². The summed E-state index contributed by atoms with van der Waals surface area (Å²) in [7, 11) is 1.34. The van der Waals surface area contributed by atoms with Crippen LogP contribution in [0.3, 0.4) is 0 Å². The Balaban J connectivity index is 2.43. The summed E-state index contributed by atoms with van der Waals surface area (Å²) in [6, 6.07) is 0. The zero-order valence-corrected chi connectivity index (χ0v) is 8.82. The summed E-state index contributed by atoms with van der Waals surface area (Å²) in [5.74, 6) is 0.382. The molecule has 0 saturated heterocycles. The molecule has 6 heteroatoms. The molecule has 4 nitrogen and oxygen atoms in total. The summed E-state index contributed by atoms with van der Waals surface area (Å²) in [6.45, 7) is 1.82. The topological polar surface area (TPSA) is 52.1 Å². The van der Waals surface area contributed by atoms with Crippen LogP contribution in [-0.4, -0.2) is 22.4 Å². The van der Waals surface area contributed by atoms with E-state index >= 15 is 0 Å². The number of esters is 1. The number of aryl methyl sites for hydroxylation is 1. The summed E-state index contributed by atoms with van der Waals surface area (Å²) in [6.07, 6.45) is 1.35. The van der Waals surface area contributed by atoms with Gasteiger partial charge in [-0.3, -0.25) is 0 Å². The average Bonchev–Trinajstić information content (AvgIpc) is 2.51. The van der Waals surface area contributed by atoms with Gasteiger partial charge in [-0.25, -0.2) is 9.78 Å². The van der Waals surface area contributed by atoms with Gasteiger partial charge in [0.25, 0.3) is 0 Å². The lowest BCUT2D eigenvalue weighted by Crippen LogP contribution is -1.92. The third-order valence-electron chi connectivity index (χ3n) is 1.08. The molecule has 0 fully saturated rings. The van der Waals surface area contributed by atoms with E-state index in [4.69, 9.17) is 0 Å². The highest BCUT2D eigenvalue weighted by molar-refractivity contribution is 8.03. The van der Waals surface area contributed by atoms with E-state index in [1.807, 2.05) is 6.92 Å². The second-order valence-corrected chi connectivity index (χ2v) is 3.96. The van der Waals surface area contributed by atoms with Crippen molar-refractivity contribution in [1.29, 1.82) is 0 Å². The molecule has 0 saturated carbocycles. The fourth-order valence-corrected chi connectivity index (χ4v) is 1.90. The number of carbonyl (C=O) groups is 1. The van der Waals surface area contributed by atoms with Crippen LogP contribution in [0.15, 0.2) is 15.8 Å². The Morgan fingerprint density at radius 3 is 3.00 bits per heavy atom. The average molecular weight is 216 g/mol. The predicted molar refractivity (Wildman–Crippen MR) is 51.7 cm³/mol. The highest BCUT2D eigenvalue weighted by atomic mass is 32.2. The van der Waals surface area contributed by atoms with Crippen LogP contribution in [0, 0.1) is 6.92 Å². The highest BCUT2D eigenvalue weighted by Gasteiger charge is 1.98. The molecule has 0 aliphatic rings. The Morgan fingerprint density at radius 2 is 2.46 bits per heavy atom.